The Morgan fingerprint density at radius 3 is 2.68 bits per heavy atom. The van der Waals surface area contributed by atoms with Crippen molar-refractivity contribution in [3.8, 4) is 0 Å². The van der Waals surface area contributed by atoms with E-state index in [-0.39, 0.29) is 5.56 Å². The molecule has 0 atom stereocenters. The molecule has 2 fully saturated rings. The lowest BCUT2D eigenvalue weighted by Gasteiger charge is -2.40. The van der Waals surface area contributed by atoms with Crippen molar-refractivity contribution >= 4 is 23.2 Å². The monoisotopic (exact) mass is 395 g/mol. The highest BCUT2D eigenvalue weighted by Crippen LogP contribution is 2.46. The first-order valence-corrected chi connectivity index (χ1v) is 10.9. The van der Waals surface area contributed by atoms with Gasteiger partial charge in [-0.25, -0.2) is 9.50 Å². The summed E-state index contributed by atoms with van der Waals surface area (Å²) in [6.45, 7) is 2.01. The predicted octanol–water partition coefficient (Wildman–Crippen LogP) is 3.74. The molecule has 146 valence electrons. The molecule has 28 heavy (non-hydrogen) atoms. The van der Waals surface area contributed by atoms with Crippen molar-refractivity contribution in [3.05, 3.63) is 47.1 Å². The van der Waals surface area contributed by atoms with Crippen LogP contribution in [0.2, 0.25) is 0 Å². The maximum Gasteiger partial charge on any atom is 0.268 e. The van der Waals surface area contributed by atoms with Crippen LogP contribution < -0.4 is 10.5 Å². The fourth-order valence-corrected chi connectivity index (χ4v) is 5.67. The third-order valence-corrected chi connectivity index (χ3v) is 7.47. The molecular weight excluding hydrogens is 370 g/mol. The van der Waals surface area contributed by atoms with E-state index in [2.05, 4.69) is 15.0 Å². The third kappa shape index (κ3) is 3.11. The molecule has 3 aromatic rings. The van der Waals surface area contributed by atoms with Crippen molar-refractivity contribution in [2.24, 2.45) is 12.5 Å². The standard InChI is InChI=1S/C21H25N5OS/c1-24-19(27)18(28-17-5-11-26-16(14-17)4-10-23-26)15-22-20(24)25-12-8-21(9-13-25)6-2-3-7-21/h4-5,10-11,14-15H,2-3,6-9,12-13H2,1H3. The van der Waals surface area contributed by atoms with Gasteiger partial charge in [0.05, 0.1) is 16.6 Å². The number of pyridine rings is 1. The normalized spacial score (nSPS) is 19.0. The molecule has 4 heterocycles. The molecule has 0 bridgehead atoms. The van der Waals surface area contributed by atoms with Crippen LogP contribution in [0.15, 0.2) is 51.4 Å². The molecule has 3 aromatic heterocycles. The zero-order valence-electron chi connectivity index (χ0n) is 16.2. The molecule has 0 aromatic carbocycles. The minimum absolute atomic E-state index is 0.0181. The topological polar surface area (TPSA) is 55.4 Å². The van der Waals surface area contributed by atoms with Crippen LogP contribution in [-0.2, 0) is 7.05 Å². The molecule has 0 N–H and O–H groups in total. The molecule has 6 nitrogen and oxygen atoms in total. The van der Waals surface area contributed by atoms with Gasteiger partial charge in [-0.1, -0.05) is 24.6 Å². The molecule has 1 aliphatic carbocycles. The SMILES string of the molecule is Cn1c(N2CCC3(CCCC3)CC2)ncc(Sc2ccn3nccc3c2)c1=O. The van der Waals surface area contributed by atoms with Gasteiger partial charge < -0.3 is 4.90 Å². The quantitative estimate of drug-likeness (QED) is 0.676. The zero-order chi connectivity index (χ0) is 19.1. The molecule has 7 heteroatoms. The van der Waals surface area contributed by atoms with Gasteiger partial charge in [0.15, 0.2) is 0 Å². The first kappa shape index (κ1) is 17.8. The number of nitrogens with zero attached hydrogens (tertiary/aromatic N) is 5. The van der Waals surface area contributed by atoms with Crippen LogP contribution in [-0.4, -0.2) is 32.3 Å². The summed E-state index contributed by atoms with van der Waals surface area (Å²) >= 11 is 1.46. The smallest absolute Gasteiger partial charge is 0.268 e. The van der Waals surface area contributed by atoms with Gasteiger partial charge in [-0.3, -0.25) is 9.36 Å². The average molecular weight is 396 g/mol. The molecule has 0 unspecified atom stereocenters. The minimum Gasteiger partial charge on any atom is -0.342 e. The first-order chi connectivity index (χ1) is 13.6. The molecular formula is C21H25N5OS. The summed E-state index contributed by atoms with van der Waals surface area (Å²) in [7, 11) is 1.84. The lowest BCUT2D eigenvalue weighted by atomic mass is 9.77. The number of anilines is 1. The van der Waals surface area contributed by atoms with E-state index in [9.17, 15) is 4.79 Å². The highest BCUT2D eigenvalue weighted by Gasteiger charge is 2.37. The summed E-state index contributed by atoms with van der Waals surface area (Å²) in [5, 5.41) is 4.21. The van der Waals surface area contributed by atoms with Crippen molar-refractivity contribution in [2.75, 3.05) is 18.0 Å². The van der Waals surface area contributed by atoms with Crippen LogP contribution in [0.1, 0.15) is 38.5 Å². The van der Waals surface area contributed by atoms with Crippen LogP contribution in [0.3, 0.4) is 0 Å². The van der Waals surface area contributed by atoms with E-state index in [1.807, 2.05) is 36.0 Å². The summed E-state index contributed by atoms with van der Waals surface area (Å²) in [6, 6.07) is 5.97. The molecule has 1 aliphatic heterocycles. The molecule has 0 radical (unpaired) electrons. The Hall–Kier alpha value is -2.28. The van der Waals surface area contributed by atoms with E-state index < -0.39 is 0 Å². The van der Waals surface area contributed by atoms with Crippen molar-refractivity contribution in [2.45, 2.75) is 48.3 Å². The van der Waals surface area contributed by atoms with E-state index in [0.29, 0.717) is 10.3 Å². The third-order valence-electron chi connectivity index (χ3n) is 6.48. The Bertz CT molecular complexity index is 1060. The second-order valence-corrected chi connectivity index (χ2v) is 9.26. The summed E-state index contributed by atoms with van der Waals surface area (Å²) in [5.41, 5.74) is 1.60. The second-order valence-electron chi connectivity index (χ2n) is 8.15. The number of aromatic nitrogens is 4. The molecule has 0 amide bonds. The Morgan fingerprint density at radius 1 is 1.11 bits per heavy atom. The fourth-order valence-electron chi connectivity index (χ4n) is 4.78. The van der Waals surface area contributed by atoms with Crippen LogP contribution in [0, 0.1) is 5.41 Å². The highest BCUT2D eigenvalue weighted by molar-refractivity contribution is 7.99. The van der Waals surface area contributed by atoms with Crippen LogP contribution in [0.4, 0.5) is 5.95 Å². The summed E-state index contributed by atoms with van der Waals surface area (Å²) < 4.78 is 3.53. The Labute approximate surface area is 168 Å². The maximum absolute atomic E-state index is 13.0. The second kappa shape index (κ2) is 6.95. The lowest BCUT2D eigenvalue weighted by Crippen LogP contribution is -2.41. The van der Waals surface area contributed by atoms with Crippen LogP contribution in [0.5, 0.6) is 0 Å². The minimum atomic E-state index is 0.0181. The number of rotatable bonds is 3. The number of hydrogen-bond acceptors (Lipinski definition) is 5. The van der Waals surface area contributed by atoms with Crippen molar-refractivity contribution < 1.29 is 0 Å². The largest absolute Gasteiger partial charge is 0.342 e. The van der Waals surface area contributed by atoms with Gasteiger partial charge >= 0.3 is 0 Å². The summed E-state index contributed by atoms with van der Waals surface area (Å²) in [5.74, 6) is 0.799. The molecule has 1 saturated carbocycles. The van der Waals surface area contributed by atoms with Crippen molar-refractivity contribution in [1.82, 2.24) is 19.2 Å². The fraction of sp³-hybridized carbons (Fsp3) is 0.476. The molecule has 2 aliphatic rings. The number of hydrogen-bond donors (Lipinski definition) is 0. The van der Waals surface area contributed by atoms with Crippen LogP contribution >= 0.6 is 11.8 Å². The summed E-state index contributed by atoms with van der Waals surface area (Å²) in [4.78, 5) is 21.6. The first-order valence-electron chi connectivity index (χ1n) is 10.1. The Kier molecular flexibility index (Phi) is 4.42. The van der Waals surface area contributed by atoms with E-state index in [4.69, 9.17) is 0 Å². The van der Waals surface area contributed by atoms with Gasteiger partial charge in [0, 0.05) is 37.4 Å². The van der Waals surface area contributed by atoms with Gasteiger partial charge in [-0.15, -0.1) is 0 Å². The van der Waals surface area contributed by atoms with Gasteiger partial charge in [-0.05, 0) is 49.3 Å². The lowest BCUT2D eigenvalue weighted by molar-refractivity contribution is 0.225. The van der Waals surface area contributed by atoms with E-state index in [1.54, 1.807) is 17.0 Å². The molecule has 5 rings (SSSR count). The van der Waals surface area contributed by atoms with Crippen molar-refractivity contribution in [3.63, 3.8) is 0 Å². The summed E-state index contributed by atoms with van der Waals surface area (Å²) in [6.07, 6.45) is 13.4. The number of piperidine rings is 1. The maximum atomic E-state index is 13.0. The highest BCUT2D eigenvalue weighted by atomic mass is 32.2. The van der Waals surface area contributed by atoms with E-state index >= 15 is 0 Å². The number of fused-ring (bicyclic) bond motifs is 1. The molecule has 1 saturated heterocycles. The average Bonchev–Trinajstić information content (AvgIpc) is 3.36. The van der Waals surface area contributed by atoms with Gasteiger partial charge in [-0.2, -0.15) is 5.10 Å². The van der Waals surface area contributed by atoms with E-state index in [1.165, 1.54) is 50.3 Å². The van der Waals surface area contributed by atoms with Crippen molar-refractivity contribution in [1.29, 1.82) is 0 Å². The van der Waals surface area contributed by atoms with Gasteiger partial charge in [0.1, 0.15) is 0 Å². The van der Waals surface area contributed by atoms with Gasteiger partial charge in [0.25, 0.3) is 5.56 Å². The van der Waals surface area contributed by atoms with Crippen LogP contribution in [0.25, 0.3) is 5.52 Å². The predicted molar refractivity (Wildman–Crippen MR) is 111 cm³/mol. The zero-order valence-corrected chi connectivity index (χ0v) is 17.0. The Balaban J connectivity index is 1.36. The molecule has 1 spiro atoms. The Morgan fingerprint density at radius 2 is 1.89 bits per heavy atom. The van der Waals surface area contributed by atoms with E-state index in [0.717, 1.165) is 29.5 Å². The van der Waals surface area contributed by atoms with Gasteiger partial charge in [0.2, 0.25) is 5.95 Å².